The molecule has 4 rings (SSSR count). The molecule has 0 bridgehead atoms. The van der Waals surface area contributed by atoms with Crippen LogP contribution in [-0.2, 0) is 6.42 Å². The third-order valence-corrected chi connectivity index (χ3v) is 5.58. The van der Waals surface area contributed by atoms with Crippen molar-refractivity contribution >= 4 is 45.2 Å². The molecular formula is C20H17FN6OS2. The minimum absolute atomic E-state index is 0.159. The van der Waals surface area contributed by atoms with Crippen LogP contribution in [0.1, 0.15) is 28.7 Å². The van der Waals surface area contributed by atoms with Gasteiger partial charge in [-0.15, -0.1) is 10.2 Å². The van der Waals surface area contributed by atoms with Gasteiger partial charge in [0.25, 0.3) is 5.91 Å². The number of carbonyl (C=O) groups excluding carboxylic acids is 1. The SMILES string of the molecule is CCc1nnc2sc(-c3ccc(NC(=S)NC(=O)c4ccc(F)cc4)c(C)c3)nn12. The number of fused-ring (bicyclic) bond motifs is 1. The smallest absolute Gasteiger partial charge is 0.257 e. The van der Waals surface area contributed by atoms with Crippen LogP contribution in [0.3, 0.4) is 0 Å². The zero-order chi connectivity index (χ0) is 21.3. The van der Waals surface area contributed by atoms with E-state index in [-0.39, 0.29) is 5.11 Å². The average Bonchev–Trinajstić information content (AvgIpc) is 3.30. The van der Waals surface area contributed by atoms with Crippen LogP contribution in [0.15, 0.2) is 42.5 Å². The molecule has 0 aliphatic carbocycles. The lowest BCUT2D eigenvalue weighted by atomic mass is 10.1. The number of aromatic nitrogens is 4. The summed E-state index contributed by atoms with van der Waals surface area (Å²) in [4.78, 5) is 13.0. The standard InChI is InChI=1S/C20H17FN6OS2/c1-3-16-24-25-20-27(16)26-18(30-20)13-6-9-15(11(2)10-13)22-19(29)23-17(28)12-4-7-14(21)8-5-12/h4-10H,3H2,1-2H3,(H2,22,23,28,29). The van der Waals surface area contributed by atoms with Crippen LogP contribution in [-0.4, -0.2) is 30.8 Å². The molecule has 7 nitrogen and oxygen atoms in total. The molecule has 0 spiro atoms. The third kappa shape index (κ3) is 4.05. The van der Waals surface area contributed by atoms with Crippen LogP contribution in [0.4, 0.5) is 10.1 Å². The van der Waals surface area contributed by atoms with Crippen molar-refractivity contribution < 1.29 is 9.18 Å². The Kier molecular flexibility index (Phi) is 5.51. The average molecular weight is 441 g/mol. The molecule has 2 N–H and O–H groups in total. The molecule has 0 aliphatic heterocycles. The summed E-state index contributed by atoms with van der Waals surface area (Å²) >= 11 is 6.71. The fraction of sp³-hybridized carbons (Fsp3) is 0.150. The Morgan fingerprint density at radius 1 is 1.20 bits per heavy atom. The van der Waals surface area contributed by atoms with Gasteiger partial charge in [0, 0.05) is 23.2 Å². The molecule has 2 heterocycles. The van der Waals surface area contributed by atoms with E-state index in [1.54, 1.807) is 4.52 Å². The highest BCUT2D eigenvalue weighted by molar-refractivity contribution is 7.80. The van der Waals surface area contributed by atoms with E-state index in [1.807, 2.05) is 32.0 Å². The molecule has 4 aromatic rings. The Morgan fingerprint density at radius 2 is 1.97 bits per heavy atom. The van der Waals surface area contributed by atoms with Crippen molar-refractivity contribution in [2.24, 2.45) is 0 Å². The van der Waals surface area contributed by atoms with Crippen molar-refractivity contribution in [2.75, 3.05) is 5.32 Å². The number of hydrogen-bond acceptors (Lipinski definition) is 6. The number of amides is 1. The predicted molar refractivity (Wildman–Crippen MR) is 118 cm³/mol. The Labute approximate surface area is 181 Å². The number of aryl methyl sites for hydroxylation is 2. The van der Waals surface area contributed by atoms with E-state index in [0.29, 0.717) is 5.56 Å². The number of anilines is 1. The molecule has 1 amide bonds. The topological polar surface area (TPSA) is 84.2 Å². The second-order valence-electron chi connectivity index (χ2n) is 6.52. The van der Waals surface area contributed by atoms with Crippen LogP contribution in [0, 0.1) is 12.7 Å². The van der Waals surface area contributed by atoms with Crippen LogP contribution in [0.5, 0.6) is 0 Å². The Morgan fingerprint density at radius 3 is 2.67 bits per heavy atom. The zero-order valence-electron chi connectivity index (χ0n) is 16.1. The van der Waals surface area contributed by atoms with Crippen LogP contribution >= 0.6 is 23.6 Å². The molecule has 0 fully saturated rings. The maximum atomic E-state index is 13.0. The first-order valence-electron chi connectivity index (χ1n) is 9.14. The minimum Gasteiger partial charge on any atom is -0.332 e. The summed E-state index contributed by atoms with van der Waals surface area (Å²) in [7, 11) is 0. The minimum atomic E-state index is -0.409. The summed E-state index contributed by atoms with van der Waals surface area (Å²) in [5.41, 5.74) is 2.98. The molecule has 2 aromatic carbocycles. The first-order chi connectivity index (χ1) is 14.4. The number of rotatable bonds is 4. The molecule has 30 heavy (non-hydrogen) atoms. The van der Waals surface area contributed by atoms with E-state index < -0.39 is 11.7 Å². The normalized spacial score (nSPS) is 10.9. The van der Waals surface area contributed by atoms with Crippen molar-refractivity contribution in [3.63, 3.8) is 0 Å². The molecule has 0 unspecified atom stereocenters. The molecule has 0 atom stereocenters. The Hall–Kier alpha value is -3.24. The molecule has 0 radical (unpaired) electrons. The van der Waals surface area contributed by atoms with Crippen molar-refractivity contribution in [2.45, 2.75) is 20.3 Å². The van der Waals surface area contributed by atoms with Crippen LogP contribution in [0.2, 0.25) is 0 Å². The first kappa shape index (κ1) is 20.0. The Bertz CT molecular complexity index is 1250. The number of nitrogens with zero attached hydrogens (tertiary/aromatic N) is 4. The van der Waals surface area contributed by atoms with Gasteiger partial charge in [-0.25, -0.2) is 4.39 Å². The molecule has 0 saturated heterocycles. The van der Waals surface area contributed by atoms with Crippen molar-refractivity contribution in [3.05, 3.63) is 65.2 Å². The maximum absolute atomic E-state index is 13.0. The van der Waals surface area contributed by atoms with Crippen molar-refractivity contribution in [1.29, 1.82) is 0 Å². The first-order valence-corrected chi connectivity index (χ1v) is 10.4. The van der Waals surface area contributed by atoms with E-state index in [9.17, 15) is 9.18 Å². The number of thiocarbonyl (C=S) groups is 1. The lowest BCUT2D eigenvalue weighted by molar-refractivity contribution is 0.0977. The molecule has 0 saturated carbocycles. The number of hydrogen-bond donors (Lipinski definition) is 2. The van der Waals surface area contributed by atoms with E-state index in [1.165, 1.54) is 35.6 Å². The van der Waals surface area contributed by atoms with Gasteiger partial charge in [0.1, 0.15) is 10.8 Å². The highest BCUT2D eigenvalue weighted by Crippen LogP contribution is 2.28. The second-order valence-corrected chi connectivity index (χ2v) is 7.88. The molecule has 2 aromatic heterocycles. The van der Waals surface area contributed by atoms with Crippen molar-refractivity contribution in [3.8, 4) is 10.6 Å². The quantitative estimate of drug-likeness (QED) is 0.467. The number of benzene rings is 2. The van der Waals surface area contributed by atoms with Gasteiger partial charge < -0.3 is 5.32 Å². The van der Waals surface area contributed by atoms with Crippen LogP contribution in [0.25, 0.3) is 15.5 Å². The van der Waals surface area contributed by atoms with Gasteiger partial charge in [0.15, 0.2) is 10.9 Å². The highest BCUT2D eigenvalue weighted by atomic mass is 32.1. The molecule has 0 aliphatic rings. The summed E-state index contributed by atoms with van der Waals surface area (Å²) in [6, 6.07) is 11.0. The zero-order valence-corrected chi connectivity index (χ0v) is 17.8. The molecule has 152 valence electrons. The van der Waals surface area contributed by atoms with Gasteiger partial charge in [-0.1, -0.05) is 18.3 Å². The van der Waals surface area contributed by atoms with E-state index in [4.69, 9.17) is 12.2 Å². The van der Waals surface area contributed by atoms with E-state index in [2.05, 4.69) is 25.9 Å². The lowest BCUT2D eigenvalue weighted by Crippen LogP contribution is -2.34. The number of carbonyl (C=O) groups is 1. The lowest BCUT2D eigenvalue weighted by Gasteiger charge is -2.12. The number of halogens is 1. The van der Waals surface area contributed by atoms with Crippen LogP contribution < -0.4 is 10.6 Å². The molecular weight excluding hydrogens is 423 g/mol. The van der Waals surface area contributed by atoms with Gasteiger partial charge >= 0.3 is 0 Å². The number of nitrogens with one attached hydrogen (secondary N) is 2. The summed E-state index contributed by atoms with van der Waals surface area (Å²) in [5.74, 6) is 0.0108. The van der Waals surface area contributed by atoms with E-state index in [0.717, 1.165) is 39.0 Å². The largest absolute Gasteiger partial charge is 0.332 e. The van der Waals surface area contributed by atoms with Gasteiger partial charge in [-0.2, -0.15) is 9.61 Å². The Balaban J connectivity index is 1.47. The van der Waals surface area contributed by atoms with Gasteiger partial charge in [-0.05, 0) is 67.2 Å². The summed E-state index contributed by atoms with van der Waals surface area (Å²) < 4.78 is 14.8. The maximum Gasteiger partial charge on any atom is 0.257 e. The third-order valence-electron chi connectivity index (χ3n) is 4.43. The van der Waals surface area contributed by atoms with Crippen molar-refractivity contribution in [1.82, 2.24) is 25.1 Å². The molecule has 10 heteroatoms. The predicted octanol–water partition coefficient (Wildman–Crippen LogP) is 3.99. The fourth-order valence-electron chi connectivity index (χ4n) is 2.86. The second kappa shape index (κ2) is 8.25. The van der Waals surface area contributed by atoms with E-state index >= 15 is 0 Å². The van der Waals surface area contributed by atoms with Gasteiger partial charge in [0.2, 0.25) is 4.96 Å². The fourth-order valence-corrected chi connectivity index (χ4v) is 3.92. The van der Waals surface area contributed by atoms with Gasteiger partial charge in [-0.3, -0.25) is 10.1 Å². The summed E-state index contributed by atoms with van der Waals surface area (Å²) in [5, 5.41) is 19.5. The van der Waals surface area contributed by atoms with Gasteiger partial charge in [0.05, 0.1) is 0 Å². The summed E-state index contributed by atoms with van der Waals surface area (Å²) in [6.45, 7) is 3.95. The summed E-state index contributed by atoms with van der Waals surface area (Å²) in [6.07, 6.45) is 0.757. The highest BCUT2D eigenvalue weighted by Gasteiger charge is 2.13. The monoisotopic (exact) mass is 440 g/mol.